The van der Waals surface area contributed by atoms with Crippen molar-refractivity contribution in [1.29, 1.82) is 0 Å². The second kappa shape index (κ2) is 10.0. The van der Waals surface area contributed by atoms with Crippen molar-refractivity contribution in [2.24, 2.45) is 0 Å². The maximum atomic E-state index is 6.03. The molecule has 0 amide bonds. The summed E-state index contributed by atoms with van der Waals surface area (Å²) in [7, 11) is 0. The van der Waals surface area contributed by atoms with E-state index in [2.05, 4.69) is 101 Å². The molecule has 0 fully saturated rings. The van der Waals surface area contributed by atoms with Crippen LogP contribution < -0.4 is 0 Å². The average Bonchev–Trinajstić information content (AvgIpc) is 3.70. The van der Waals surface area contributed by atoms with Gasteiger partial charge in [0.1, 0.15) is 11.0 Å². The zero-order chi connectivity index (χ0) is 27.9. The fourth-order valence-electron chi connectivity index (χ4n) is 5.53. The topological polar surface area (TPSA) is 52.1 Å². The Morgan fingerprint density at radius 2 is 0.762 bits per heavy atom. The molecule has 0 N–H and O–H groups in total. The van der Waals surface area contributed by atoms with E-state index in [1.54, 1.807) is 0 Å². The number of hydrogen-bond donors (Lipinski definition) is 0. The van der Waals surface area contributed by atoms with Crippen LogP contribution >= 0.6 is 0 Å². The summed E-state index contributed by atoms with van der Waals surface area (Å²) in [5, 5.41) is 0. The number of nitrogens with zero attached hydrogens (tertiary/aromatic N) is 2. The quantitative estimate of drug-likeness (QED) is 0.218. The third-order valence-electron chi connectivity index (χ3n) is 7.60. The largest absolute Gasteiger partial charge is 0.436 e. The molecule has 0 aliphatic carbocycles. The Morgan fingerprint density at radius 1 is 0.333 bits per heavy atom. The van der Waals surface area contributed by atoms with Crippen LogP contribution in [0.25, 0.3) is 78.5 Å². The lowest BCUT2D eigenvalue weighted by Gasteiger charge is -2.17. The minimum absolute atomic E-state index is 0.620. The number of benzene rings is 6. The van der Waals surface area contributed by atoms with E-state index in [0.29, 0.717) is 11.8 Å². The summed E-state index contributed by atoms with van der Waals surface area (Å²) in [5.41, 5.74) is 12.1. The molecule has 0 unspecified atom stereocenters. The number of rotatable bonds is 5. The van der Waals surface area contributed by atoms with Gasteiger partial charge in [0.25, 0.3) is 0 Å². The standard InChI is InChI=1S/C38H24N2O2/c1-2-9-25(10-3-1)30-11-8-12-31(26-17-21-28(22-18-26)37-39-32-13-4-6-15-34(32)41-37)36(30)27-19-23-29(24-20-27)38-40-33-14-5-7-16-35(33)42-38/h1-24H. The van der Waals surface area contributed by atoms with Gasteiger partial charge in [-0.3, -0.25) is 0 Å². The zero-order valence-electron chi connectivity index (χ0n) is 22.6. The molecule has 2 aromatic heterocycles. The molecule has 6 aromatic carbocycles. The van der Waals surface area contributed by atoms with E-state index in [4.69, 9.17) is 8.83 Å². The Kier molecular flexibility index (Phi) is 5.75. The minimum atomic E-state index is 0.620. The Labute approximate surface area is 242 Å². The SMILES string of the molecule is c1ccc(-c2cccc(-c3ccc(-c4nc5ccccc5o4)cc3)c2-c2ccc(-c3nc4ccccc4o3)cc2)cc1. The fourth-order valence-corrected chi connectivity index (χ4v) is 5.53. The van der Waals surface area contributed by atoms with Gasteiger partial charge in [0.05, 0.1) is 0 Å². The average molecular weight is 541 g/mol. The van der Waals surface area contributed by atoms with Gasteiger partial charge in [0.2, 0.25) is 11.8 Å². The summed E-state index contributed by atoms with van der Waals surface area (Å²) in [6.07, 6.45) is 0. The highest BCUT2D eigenvalue weighted by molar-refractivity contribution is 5.95. The molecule has 0 aliphatic rings. The molecule has 2 heterocycles. The molecule has 8 rings (SSSR count). The Morgan fingerprint density at radius 3 is 1.29 bits per heavy atom. The van der Waals surface area contributed by atoms with Crippen LogP contribution in [0.15, 0.2) is 154 Å². The summed E-state index contributed by atoms with van der Waals surface area (Å²) in [6.45, 7) is 0. The minimum Gasteiger partial charge on any atom is -0.436 e. The molecule has 0 bridgehead atoms. The third-order valence-corrected chi connectivity index (χ3v) is 7.60. The molecule has 0 spiro atoms. The molecule has 42 heavy (non-hydrogen) atoms. The van der Waals surface area contributed by atoms with Crippen LogP contribution in [0.1, 0.15) is 0 Å². The molecular formula is C38H24N2O2. The van der Waals surface area contributed by atoms with E-state index in [9.17, 15) is 0 Å². The monoisotopic (exact) mass is 540 g/mol. The van der Waals surface area contributed by atoms with Crippen molar-refractivity contribution in [3.05, 3.63) is 146 Å². The van der Waals surface area contributed by atoms with Gasteiger partial charge in [-0.25, -0.2) is 9.97 Å². The first-order chi connectivity index (χ1) is 20.8. The van der Waals surface area contributed by atoms with Gasteiger partial charge in [-0.1, -0.05) is 97.1 Å². The van der Waals surface area contributed by atoms with Gasteiger partial charge in [-0.2, -0.15) is 0 Å². The molecule has 198 valence electrons. The zero-order valence-corrected chi connectivity index (χ0v) is 22.6. The van der Waals surface area contributed by atoms with E-state index in [1.165, 1.54) is 16.7 Å². The molecule has 0 saturated heterocycles. The molecule has 0 aliphatic heterocycles. The van der Waals surface area contributed by atoms with Crippen LogP contribution in [-0.4, -0.2) is 9.97 Å². The van der Waals surface area contributed by atoms with Crippen molar-refractivity contribution in [2.75, 3.05) is 0 Å². The molecule has 4 heteroatoms. The number of hydrogen-bond acceptors (Lipinski definition) is 4. The lowest BCUT2D eigenvalue weighted by atomic mass is 9.87. The van der Waals surface area contributed by atoms with E-state index in [-0.39, 0.29) is 0 Å². The second-order valence-corrected chi connectivity index (χ2v) is 10.2. The highest BCUT2D eigenvalue weighted by atomic mass is 16.4. The third kappa shape index (κ3) is 4.27. The summed E-state index contributed by atoms with van der Waals surface area (Å²) >= 11 is 0. The second-order valence-electron chi connectivity index (χ2n) is 10.2. The summed E-state index contributed by atoms with van der Waals surface area (Å²) in [5.74, 6) is 1.24. The van der Waals surface area contributed by atoms with E-state index in [0.717, 1.165) is 50.0 Å². The Hall–Kier alpha value is -5.74. The fraction of sp³-hybridized carbons (Fsp3) is 0. The first kappa shape index (κ1) is 24.1. The van der Waals surface area contributed by atoms with Gasteiger partial charge in [0, 0.05) is 11.1 Å². The Bertz CT molecular complexity index is 2110. The summed E-state index contributed by atoms with van der Waals surface area (Å²) in [6, 6.07) is 49.6. The molecule has 0 saturated carbocycles. The van der Waals surface area contributed by atoms with E-state index < -0.39 is 0 Å². The first-order valence-electron chi connectivity index (χ1n) is 13.9. The lowest BCUT2D eigenvalue weighted by molar-refractivity contribution is 0.619. The predicted molar refractivity (Wildman–Crippen MR) is 169 cm³/mol. The van der Waals surface area contributed by atoms with Crippen molar-refractivity contribution in [1.82, 2.24) is 9.97 Å². The van der Waals surface area contributed by atoms with E-state index >= 15 is 0 Å². The first-order valence-corrected chi connectivity index (χ1v) is 13.9. The summed E-state index contributed by atoms with van der Waals surface area (Å²) in [4.78, 5) is 9.36. The normalized spacial score (nSPS) is 11.3. The van der Waals surface area contributed by atoms with Gasteiger partial charge in [-0.05, 0) is 81.9 Å². The number of para-hydroxylation sites is 4. The Balaban J connectivity index is 1.22. The number of aromatic nitrogens is 2. The van der Waals surface area contributed by atoms with Crippen molar-refractivity contribution >= 4 is 22.2 Å². The van der Waals surface area contributed by atoms with Crippen LogP contribution in [0.4, 0.5) is 0 Å². The highest BCUT2D eigenvalue weighted by Gasteiger charge is 2.16. The van der Waals surface area contributed by atoms with Crippen molar-refractivity contribution in [2.45, 2.75) is 0 Å². The van der Waals surface area contributed by atoms with Gasteiger partial charge < -0.3 is 8.83 Å². The maximum Gasteiger partial charge on any atom is 0.227 e. The van der Waals surface area contributed by atoms with Crippen LogP contribution in [0, 0.1) is 0 Å². The van der Waals surface area contributed by atoms with Gasteiger partial charge in [0.15, 0.2) is 11.2 Å². The van der Waals surface area contributed by atoms with Gasteiger partial charge >= 0.3 is 0 Å². The smallest absolute Gasteiger partial charge is 0.227 e. The molecule has 0 atom stereocenters. The van der Waals surface area contributed by atoms with E-state index in [1.807, 2.05) is 54.6 Å². The van der Waals surface area contributed by atoms with Crippen LogP contribution in [0.5, 0.6) is 0 Å². The number of oxazole rings is 2. The number of fused-ring (bicyclic) bond motifs is 2. The molecular weight excluding hydrogens is 516 g/mol. The maximum absolute atomic E-state index is 6.03. The summed E-state index contributed by atoms with van der Waals surface area (Å²) < 4.78 is 12.0. The van der Waals surface area contributed by atoms with Crippen molar-refractivity contribution in [3.63, 3.8) is 0 Å². The van der Waals surface area contributed by atoms with Crippen molar-refractivity contribution < 1.29 is 8.83 Å². The molecule has 0 radical (unpaired) electrons. The molecule has 4 nitrogen and oxygen atoms in total. The predicted octanol–water partition coefficient (Wildman–Crippen LogP) is 10.3. The highest BCUT2D eigenvalue weighted by Crippen LogP contribution is 2.41. The molecule has 8 aromatic rings. The van der Waals surface area contributed by atoms with Gasteiger partial charge in [-0.15, -0.1) is 0 Å². The van der Waals surface area contributed by atoms with Crippen LogP contribution in [0.2, 0.25) is 0 Å². The van der Waals surface area contributed by atoms with Crippen LogP contribution in [-0.2, 0) is 0 Å². The lowest BCUT2D eigenvalue weighted by Crippen LogP contribution is -1.91. The van der Waals surface area contributed by atoms with Crippen molar-refractivity contribution in [3.8, 4) is 56.3 Å². The van der Waals surface area contributed by atoms with Crippen LogP contribution in [0.3, 0.4) is 0 Å².